The maximum atomic E-state index is 6.25. The smallest absolute Gasteiger partial charge is 0.177 e. The van der Waals surface area contributed by atoms with Crippen molar-refractivity contribution in [1.82, 2.24) is 9.88 Å². The summed E-state index contributed by atoms with van der Waals surface area (Å²) in [5.74, 6) is 0. The molecular formula is C27H25N3OS. The van der Waals surface area contributed by atoms with Crippen LogP contribution in [0.3, 0.4) is 0 Å². The van der Waals surface area contributed by atoms with Crippen LogP contribution >= 0.6 is 11.8 Å². The molecule has 1 N–H and O–H groups in total. The third-order valence-electron chi connectivity index (χ3n) is 5.47. The summed E-state index contributed by atoms with van der Waals surface area (Å²) in [4.78, 5) is 8.33. The normalized spacial score (nSPS) is 12.0. The second kappa shape index (κ2) is 8.69. The van der Waals surface area contributed by atoms with Gasteiger partial charge in [-0.2, -0.15) is 0 Å². The summed E-state index contributed by atoms with van der Waals surface area (Å²) in [6, 6.07) is 23.1. The fourth-order valence-corrected chi connectivity index (χ4v) is 4.24. The number of benzene rings is 3. The number of nitrogens with one attached hydrogen (secondary N) is 1. The SMILES string of the molecule is CSc1ccc(/C=C/c2ccc3nc4c(oc5ccccc54)c(NCN(C)C)c3c2)cc1. The van der Waals surface area contributed by atoms with Crippen LogP contribution in [-0.2, 0) is 0 Å². The first-order valence-corrected chi connectivity index (χ1v) is 11.8. The summed E-state index contributed by atoms with van der Waals surface area (Å²) < 4.78 is 6.25. The lowest BCUT2D eigenvalue weighted by atomic mass is 10.1. The van der Waals surface area contributed by atoms with Gasteiger partial charge in [0.25, 0.3) is 0 Å². The molecule has 0 saturated heterocycles. The average Bonchev–Trinajstić information content (AvgIpc) is 3.19. The zero-order valence-electron chi connectivity index (χ0n) is 18.4. The Kier molecular flexibility index (Phi) is 5.60. The van der Waals surface area contributed by atoms with E-state index in [0.717, 1.165) is 44.2 Å². The van der Waals surface area contributed by atoms with Crippen molar-refractivity contribution in [2.75, 3.05) is 32.3 Å². The molecule has 32 heavy (non-hydrogen) atoms. The van der Waals surface area contributed by atoms with Crippen LogP contribution in [0.5, 0.6) is 0 Å². The number of thioether (sulfide) groups is 1. The van der Waals surface area contributed by atoms with Gasteiger partial charge >= 0.3 is 0 Å². The van der Waals surface area contributed by atoms with Crippen LogP contribution in [0.25, 0.3) is 45.1 Å². The number of nitrogens with zero attached hydrogens (tertiary/aromatic N) is 2. The van der Waals surface area contributed by atoms with E-state index in [1.807, 2.05) is 32.3 Å². The Hall–Kier alpha value is -3.28. The molecule has 5 rings (SSSR count). The van der Waals surface area contributed by atoms with Gasteiger partial charge < -0.3 is 9.73 Å². The van der Waals surface area contributed by atoms with Crippen molar-refractivity contribution in [2.45, 2.75) is 4.90 Å². The summed E-state index contributed by atoms with van der Waals surface area (Å²) in [7, 11) is 4.09. The van der Waals surface area contributed by atoms with Gasteiger partial charge in [-0.05, 0) is 67.9 Å². The number of furan rings is 1. The van der Waals surface area contributed by atoms with Crippen LogP contribution in [0.1, 0.15) is 11.1 Å². The van der Waals surface area contributed by atoms with Crippen LogP contribution in [0.15, 0.2) is 76.0 Å². The molecule has 0 fully saturated rings. The molecule has 0 spiro atoms. The molecule has 160 valence electrons. The Morgan fingerprint density at radius 1 is 0.938 bits per heavy atom. The maximum Gasteiger partial charge on any atom is 0.177 e. The van der Waals surface area contributed by atoms with Gasteiger partial charge in [-0.1, -0.05) is 42.5 Å². The number of pyridine rings is 1. The van der Waals surface area contributed by atoms with Crippen molar-refractivity contribution in [3.8, 4) is 0 Å². The van der Waals surface area contributed by atoms with Crippen molar-refractivity contribution < 1.29 is 4.42 Å². The molecule has 5 heteroatoms. The fraction of sp³-hybridized carbons (Fsp3) is 0.148. The summed E-state index contributed by atoms with van der Waals surface area (Å²) in [5.41, 5.74) is 6.78. The average molecular weight is 440 g/mol. The quantitative estimate of drug-likeness (QED) is 0.176. The van der Waals surface area contributed by atoms with Crippen molar-refractivity contribution >= 4 is 62.6 Å². The number of para-hydroxylation sites is 1. The molecule has 3 aromatic carbocycles. The highest BCUT2D eigenvalue weighted by molar-refractivity contribution is 7.98. The monoisotopic (exact) mass is 439 g/mol. The van der Waals surface area contributed by atoms with Crippen LogP contribution in [0.2, 0.25) is 0 Å². The highest BCUT2D eigenvalue weighted by Crippen LogP contribution is 2.37. The topological polar surface area (TPSA) is 41.3 Å². The highest BCUT2D eigenvalue weighted by atomic mass is 32.2. The van der Waals surface area contributed by atoms with E-state index in [-0.39, 0.29) is 0 Å². The van der Waals surface area contributed by atoms with Crippen molar-refractivity contribution in [2.24, 2.45) is 0 Å². The second-order valence-electron chi connectivity index (χ2n) is 8.06. The third kappa shape index (κ3) is 3.97. The highest BCUT2D eigenvalue weighted by Gasteiger charge is 2.16. The van der Waals surface area contributed by atoms with E-state index in [1.54, 1.807) is 11.8 Å². The van der Waals surface area contributed by atoms with E-state index in [1.165, 1.54) is 10.5 Å². The largest absolute Gasteiger partial charge is 0.452 e. The fourth-order valence-electron chi connectivity index (χ4n) is 3.83. The Balaban J connectivity index is 1.62. The van der Waals surface area contributed by atoms with E-state index in [0.29, 0.717) is 6.67 Å². The van der Waals surface area contributed by atoms with Crippen LogP contribution in [0, 0.1) is 0 Å². The zero-order chi connectivity index (χ0) is 22.1. The van der Waals surface area contributed by atoms with Crippen molar-refractivity contribution in [1.29, 1.82) is 0 Å². The standard InChI is InChI=1S/C27H25N3OS/c1-30(2)17-28-25-22-16-19(9-8-18-10-13-20(32-3)14-11-18)12-15-23(22)29-26-21-6-4-5-7-24(21)31-27(25)26/h4-16H,17H2,1-3H3,(H,28,29)/b9-8+. The predicted octanol–water partition coefficient (Wildman–Crippen LogP) is 6.96. The summed E-state index contributed by atoms with van der Waals surface area (Å²) >= 11 is 1.75. The number of rotatable bonds is 6. The molecule has 0 amide bonds. The molecule has 0 atom stereocenters. The number of aromatic nitrogens is 1. The lowest BCUT2D eigenvalue weighted by Crippen LogP contribution is -2.20. The van der Waals surface area contributed by atoms with Gasteiger partial charge in [-0.3, -0.25) is 4.90 Å². The van der Waals surface area contributed by atoms with Gasteiger partial charge in [0, 0.05) is 15.7 Å². The van der Waals surface area contributed by atoms with Crippen LogP contribution < -0.4 is 5.32 Å². The second-order valence-corrected chi connectivity index (χ2v) is 8.94. The molecule has 2 aromatic heterocycles. The summed E-state index contributed by atoms with van der Waals surface area (Å²) in [5, 5.41) is 5.66. The lowest BCUT2D eigenvalue weighted by Gasteiger charge is -2.15. The predicted molar refractivity (Wildman–Crippen MR) is 138 cm³/mol. The van der Waals surface area contributed by atoms with Gasteiger partial charge in [0.15, 0.2) is 5.58 Å². The third-order valence-corrected chi connectivity index (χ3v) is 6.22. The Morgan fingerprint density at radius 2 is 1.69 bits per heavy atom. The lowest BCUT2D eigenvalue weighted by molar-refractivity contribution is 0.440. The first-order valence-electron chi connectivity index (χ1n) is 10.6. The maximum absolute atomic E-state index is 6.25. The molecular weight excluding hydrogens is 414 g/mol. The molecule has 2 heterocycles. The summed E-state index contributed by atoms with van der Waals surface area (Å²) in [6.07, 6.45) is 6.38. The van der Waals surface area contributed by atoms with E-state index >= 15 is 0 Å². The van der Waals surface area contributed by atoms with Crippen molar-refractivity contribution in [3.05, 3.63) is 77.9 Å². The minimum absolute atomic E-state index is 0.702. The van der Waals surface area contributed by atoms with Gasteiger partial charge in [0.1, 0.15) is 11.1 Å². The van der Waals surface area contributed by atoms with E-state index in [9.17, 15) is 0 Å². The Labute approximate surface area is 191 Å². The molecule has 0 aliphatic rings. The van der Waals surface area contributed by atoms with Gasteiger partial charge in [0.2, 0.25) is 0 Å². The summed E-state index contributed by atoms with van der Waals surface area (Å²) in [6.45, 7) is 0.702. The molecule has 0 bridgehead atoms. The van der Waals surface area contributed by atoms with E-state index in [2.05, 4.69) is 77.2 Å². The first kappa shape index (κ1) is 20.6. The number of hydrogen-bond acceptors (Lipinski definition) is 5. The molecule has 4 nitrogen and oxygen atoms in total. The minimum Gasteiger partial charge on any atom is -0.452 e. The van der Waals surface area contributed by atoms with Gasteiger partial charge in [0.05, 0.1) is 17.9 Å². The number of fused-ring (bicyclic) bond motifs is 4. The molecule has 0 radical (unpaired) electrons. The molecule has 0 aliphatic heterocycles. The zero-order valence-corrected chi connectivity index (χ0v) is 19.2. The van der Waals surface area contributed by atoms with Gasteiger partial charge in [-0.25, -0.2) is 4.98 Å². The molecule has 5 aromatic rings. The number of hydrogen-bond donors (Lipinski definition) is 1. The van der Waals surface area contributed by atoms with E-state index < -0.39 is 0 Å². The molecule has 0 aliphatic carbocycles. The van der Waals surface area contributed by atoms with Gasteiger partial charge in [-0.15, -0.1) is 11.8 Å². The van der Waals surface area contributed by atoms with Crippen molar-refractivity contribution in [3.63, 3.8) is 0 Å². The van der Waals surface area contributed by atoms with Crippen LogP contribution in [0.4, 0.5) is 5.69 Å². The number of anilines is 1. The first-order chi connectivity index (χ1) is 15.6. The minimum atomic E-state index is 0.702. The van der Waals surface area contributed by atoms with E-state index in [4.69, 9.17) is 9.40 Å². The molecule has 0 saturated carbocycles. The molecule has 0 unspecified atom stereocenters. The Morgan fingerprint density at radius 3 is 2.47 bits per heavy atom. The Bertz CT molecular complexity index is 1430. The van der Waals surface area contributed by atoms with Crippen LogP contribution in [-0.4, -0.2) is 36.9 Å².